The van der Waals surface area contributed by atoms with E-state index in [0.717, 1.165) is 0 Å². The van der Waals surface area contributed by atoms with Crippen LogP contribution in [0, 0.1) is 7.43 Å². The van der Waals surface area contributed by atoms with Crippen LogP contribution in [-0.4, -0.2) is 46.9 Å². The molecule has 3 nitrogen and oxygen atoms in total. The molecule has 0 rings (SSSR count). The Labute approximate surface area is 67.9 Å². The van der Waals surface area contributed by atoms with E-state index in [9.17, 15) is 0 Å². The zero-order chi connectivity index (χ0) is 3.58. The molecule has 0 saturated heterocycles. The second-order valence-corrected chi connectivity index (χ2v) is 0.750. The first-order valence-electron chi connectivity index (χ1n) is 0.612. The average molecular weight is 128 g/mol. The van der Waals surface area contributed by atoms with Crippen LogP contribution in [0.15, 0.2) is 0 Å². The molecule has 0 spiro atoms. The van der Waals surface area contributed by atoms with Gasteiger partial charge < -0.3 is 14.1 Å². The van der Waals surface area contributed by atoms with Gasteiger partial charge in [-0.15, -0.1) is 0 Å². The van der Waals surface area contributed by atoms with Crippen LogP contribution in [-0.2, 0) is 4.46 Å². The van der Waals surface area contributed by atoms with Crippen LogP contribution >= 0.6 is 0 Å². The van der Waals surface area contributed by atoms with Gasteiger partial charge in [-0.25, -0.2) is 0 Å². The van der Waals surface area contributed by atoms with Crippen LogP contribution in [0.2, 0.25) is 0 Å². The molecule has 0 unspecified atom stereocenters. The number of hydrogen-bond donors (Lipinski definition) is 0. The minimum atomic E-state index is -3.63. The SMILES string of the molecule is O=[Si]([O-])[O-].[C].[Ca+2]. The monoisotopic (exact) mass is 128 g/mol. The van der Waals surface area contributed by atoms with Crippen molar-refractivity contribution < 1.29 is 14.1 Å². The third-order valence-corrected chi connectivity index (χ3v) is 0. The smallest absolute Gasteiger partial charge is 0.672 e. The molecule has 0 aromatic carbocycles. The molecular weight excluding hydrogens is 128 g/mol. The third-order valence-electron chi connectivity index (χ3n) is 0. The molecule has 5 heteroatoms. The Morgan fingerprint density at radius 3 is 1.33 bits per heavy atom. The second-order valence-electron chi connectivity index (χ2n) is 0.250. The molecular formula is CCaO3Si. The van der Waals surface area contributed by atoms with Crippen LogP contribution in [0.1, 0.15) is 0 Å². The maximum Gasteiger partial charge on any atom is 2.00 e. The van der Waals surface area contributed by atoms with Crippen molar-refractivity contribution in [1.82, 2.24) is 0 Å². The molecule has 0 heterocycles. The number of rotatable bonds is 0. The first-order chi connectivity index (χ1) is 1.73. The van der Waals surface area contributed by atoms with Gasteiger partial charge in [-0.2, -0.15) is 0 Å². The number of hydrogen-bond acceptors (Lipinski definition) is 3. The Morgan fingerprint density at radius 1 is 1.33 bits per heavy atom. The predicted molar refractivity (Wildman–Crippen MR) is 15.4 cm³/mol. The van der Waals surface area contributed by atoms with E-state index in [1.807, 2.05) is 0 Å². The van der Waals surface area contributed by atoms with Gasteiger partial charge in [0.05, 0.1) is 0 Å². The molecule has 0 saturated carbocycles. The summed E-state index contributed by atoms with van der Waals surface area (Å²) in [6, 6.07) is 0. The molecule has 0 atom stereocenters. The Morgan fingerprint density at radius 2 is 1.33 bits per heavy atom. The Kier molecular flexibility index (Phi) is 24.5. The van der Waals surface area contributed by atoms with Gasteiger partial charge in [0.25, 0.3) is 0 Å². The van der Waals surface area contributed by atoms with Crippen molar-refractivity contribution in [3.05, 3.63) is 7.43 Å². The van der Waals surface area contributed by atoms with Crippen molar-refractivity contribution in [2.75, 3.05) is 0 Å². The Hall–Kier alpha value is 0.877. The van der Waals surface area contributed by atoms with Crippen molar-refractivity contribution in [3.63, 3.8) is 0 Å². The summed E-state index contributed by atoms with van der Waals surface area (Å²) in [5, 5.41) is 0. The van der Waals surface area contributed by atoms with Crippen molar-refractivity contribution >= 4 is 46.9 Å². The first kappa shape index (κ1) is 15.8. The largest absolute Gasteiger partial charge is 2.00 e. The fourth-order valence-electron chi connectivity index (χ4n) is 0. The van der Waals surface area contributed by atoms with Gasteiger partial charge in [0, 0.05) is 16.6 Å². The minimum Gasteiger partial charge on any atom is -0.672 e. The molecule has 0 aliphatic carbocycles. The van der Waals surface area contributed by atoms with Crippen LogP contribution in [0.4, 0.5) is 0 Å². The van der Waals surface area contributed by atoms with Crippen molar-refractivity contribution in [2.45, 2.75) is 0 Å². The minimum absolute atomic E-state index is 0. The predicted octanol–water partition coefficient (Wildman–Crippen LogP) is -3.18. The normalized spacial score (nSPS) is 4.00. The molecule has 6 heavy (non-hydrogen) atoms. The maximum absolute atomic E-state index is 8.52. The molecule has 4 radical (unpaired) electrons. The van der Waals surface area contributed by atoms with E-state index in [-0.39, 0.29) is 45.2 Å². The molecule has 0 bridgehead atoms. The van der Waals surface area contributed by atoms with Crippen molar-refractivity contribution in [2.24, 2.45) is 0 Å². The van der Waals surface area contributed by atoms with E-state index in [1.165, 1.54) is 0 Å². The van der Waals surface area contributed by atoms with Crippen LogP contribution in [0.25, 0.3) is 0 Å². The van der Waals surface area contributed by atoms with Gasteiger partial charge in [-0.05, 0) is 0 Å². The van der Waals surface area contributed by atoms with E-state index >= 15 is 0 Å². The van der Waals surface area contributed by atoms with E-state index in [2.05, 4.69) is 0 Å². The summed E-state index contributed by atoms with van der Waals surface area (Å²) in [6.45, 7) is 0. The quantitative estimate of drug-likeness (QED) is 0.323. The van der Waals surface area contributed by atoms with Gasteiger partial charge in [-0.3, -0.25) is 0 Å². The van der Waals surface area contributed by atoms with Gasteiger partial charge in [0.15, 0.2) is 0 Å². The van der Waals surface area contributed by atoms with Crippen molar-refractivity contribution in [1.29, 1.82) is 0 Å². The Bertz CT molecular complexity index is 33.8. The summed E-state index contributed by atoms with van der Waals surface area (Å²) in [5.74, 6) is 0. The van der Waals surface area contributed by atoms with E-state index in [1.54, 1.807) is 0 Å². The zero-order valence-corrected chi connectivity index (χ0v) is 6.14. The standard InChI is InChI=1S/C.Ca.O3Si/c;;1-4(2)3/q;+2;-2. The van der Waals surface area contributed by atoms with Crippen molar-refractivity contribution in [3.8, 4) is 0 Å². The van der Waals surface area contributed by atoms with E-state index < -0.39 is 9.17 Å². The van der Waals surface area contributed by atoms with Gasteiger partial charge in [0.2, 0.25) is 0 Å². The van der Waals surface area contributed by atoms with Crippen LogP contribution < -0.4 is 9.59 Å². The second kappa shape index (κ2) is 9.30. The molecule has 0 aromatic heterocycles. The topological polar surface area (TPSA) is 63.2 Å². The first-order valence-corrected chi connectivity index (χ1v) is 1.84. The molecule has 28 valence electrons. The van der Waals surface area contributed by atoms with Gasteiger partial charge in [0.1, 0.15) is 0 Å². The van der Waals surface area contributed by atoms with E-state index in [4.69, 9.17) is 14.1 Å². The summed E-state index contributed by atoms with van der Waals surface area (Å²) in [5.41, 5.74) is 0. The summed E-state index contributed by atoms with van der Waals surface area (Å²) in [6.07, 6.45) is 0. The molecule has 0 N–H and O–H groups in total. The molecule has 0 fully saturated rings. The summed E-state index contributed by atoms with van der Waals surface area (Å²) in [4.78, 5) is 17.0. The molecule has 0 aromatic rings. The van der Waals surface area contributed by atoms with Gasteiger partial charge in [-0.1, -0.05) is 0 Å². The van der Waals surface area contributed by atoms with Crippen LogP contribution in [0.3, 0.4) is 0 Å². The summed E-state index contributed by atoms with van der Waals surface area (Å²) in [7, 11) is -3.63. The van der Waals surface area contributed by atoms with E-state index in [0.29, 0.717) is 0 Å². The maximum atomic E-state index is 8.52. The zero-order valence-electron chi connectivity index (χ0n) is 2.93. The molecule has 0 aliphatic heterocycles. The fourth-order valence-corrected chi connectivity index (χ4v) is 0. The Balaban J connectivity index is -0.0000000450. The fraction of sp³-hybridized carbons (Fsp3) is 0. The third kappa shape index (κ3) is 95.4. The average Bonchev–Trinajstić information content (AvgIpc) is 0.811. The molecule has 0 aliphatic rings. The van der Waals surface area contributed by atoms with Gasteiger partial charge >= 0.3 is 37.7 Å². The summed E-state index contributed by atoms with van der Waals surface area (Å²) < 4.78 is 8.52. The summed E-state index contributed by atoms with van der Waals surface area (Å²) >= 11 is 0. The molecule has 0 amide bonds. The van der Waals surface area contributed by atoms with Crippen LogP contribution in [0.5, 0.6) is 0 Å².